The standard InChI is InChI=1S/C22H27N3O2/c1-17-7-8-19(13-23-17)22(26)24-15-21(16-24)25(20-9-11-27-12-10-20)14-18-5-3-2-4-6-18/h2-8,13,20-21H,9-12,14-16H2,1H3. The minimum atomic E-state index is 0.0883. The van der Waals surface area contributed by atoms with Crippen LogP contribution in [0, 0.1) is 6.92 Å². The van der Waals surface area contributed by atoms with Crippen LogP contribution in [-0.4, -0.2) is 59.1 Å². The molecular weight excluding hydrogens is 338 g/mol. The topological polar surface area (TPSA) is 45.7 Å². The van der Waals surface area contributed by atoms with Gasteiger partial charge in [0.25, 0.3) is 5.91 Å². The third-order valence-electron chi connectivity index (χ3n) is 5.64. The average Bonchev–Trinajstić information content (AvgIpc) is 2.68. The van der Waals surface area contributed by atoms with Crippen LogP contribution in [0.5, 0.6) is 0 Å². The maximum absolute atomic E-state index is 12.7. The first-order valence-corrected chi connectivity index (χ1v) is 9.80. The summed E-state index contributed by atoms with van der Waals surface area (Å²) in [5.41, 5.74) is 2.94. The van der Waals surface area contributed by atoms with Gasteiger partial charge in [0, 0.05) is 56.8 Å². The fraction of sp³-hybridized carbons (Fsp3) is 0.455. The quantitative estimate of drug-likeness (QED) is 0.817. The number of nitrogens with zero attached hydrogens (tertiary/aromatic N) is 3. The van der Waals surface area contributed by atoms with Gasteiger partial charge in [-0.15, -0.1) is 0 Å². The number of pyridine rings is 1. The summed E-state index contributed by atoms with van der Waals surface area (Å²) in [5.74, 6) is 0.0883. The van der Waals surface area contributed by atoms with E-state index in [1.807, 2.05) is 24.0 Å². The lowest BCUT2D eigenvalue weighted by Crippen LogP contribution is -2.63. The second-order valence-electron chi connectivity index (χ2n) is 7.55. The van der Waals surface area contributed by atoms with Gasteiger partial charge in [0.1, 0.15) is 0 Å². The van der Waals surface area contributed by atoms with Crippen LogP contribution in [0.25, 0.3) is 0 Å². The molecule has 3 heterocycles. The van der Waals surface area contributed by atoms with Crippen molar-refractivity contribution in [2.75, 3.05) is 26.3 Å². The van der Waals surface area contributed by atoms with Gasteiger partial charge in [-0.25, -0.2) is 0 Å². The molecule has 5 nitrogen and oxygen atoms in total. The summed E-state index contributed by atoms with van der Waals surface area (Å²) in [6, 6.07) is 15.3. The number of benzene rings is 1. The van der Waals surface area contributed by atoms with Gasteiger partial charge < -0.3 is 9.64 Å². The van der Waals surface area contributed by atoms with Crippen molar-refractivity contribution in [1.82, 2.24) is 14.8 Å². The Kier molecular flexibility index (Phi) is 5.50. The molecule has 1 aromatic heterocycles. The first-order valence-electron chi connectivity index (χ1n) is 9.80. The summed E-state index contributed by atoms with van der Waals surface area (Å²) >= 11 is 0. The first kappa shape index (κ1) is 18.1. The summed E-state index contributed by atoms with van der Waals surface area (Å²) in [6.45, 7) is 6.11. The van der Waals surface area contributed by atoms with Gasteiger partial charge in [0.05, 0.1) is 5.56 Å². The van der Waals surface area contributed by atoms with E-state index in [4.69, 9.17) is 4.74 Å². The number of carbonyl (C=O) groups excluding carboxylic acids is 1. The summed E-state index contributed by atoms with van der Waals surface area (Å²) < 4.78 is 5.56. The number of aryl methyl sites for hydroxylation is 1. The fourth-order valence-corrected chi connectivity index (χ4v) is 3.98. The van der Waals surface area contributed by atoms with Crippen LogP contribution in [0.15, 0.2) is 48.7 Å². The van der Waals surface area contributed by atoms with Crippen molar-refractivity contribution in [2.45, 2.75) is 38.4 Å². The van der Waals surface area contributed by atoms with Gasteiger partial charge in [-0.3, -0.25) is 14.7 Å². The number of hydrogen-bond donors (Lipinski definition) is 0. The number of carbonyl (C=O) groups is 1. The molecule has 0 saturated carbocycles. The van der Waals surface area contributed by atoms with Gasteiger partial charge in [0.15, 0.2) is 0 Å². The SMILES string of the molecule is Cc1ccc(C(=O)N2CC(N(Cc3ccccc3)C3CCOCC3)C2)cn1. The Hall–Kier alpha value is -2.24. The van der Waals surface area contributed by atoms with E-state index in [0.29, 0.717) is 17.6 Å². The Balaban J connectivity index is 1.42. The predicted octanol–water partition coefficient (Wildman–Crippen LogP) is 2.90. The molecule has 5 heteroatoms. The lowest BCUT2D eigenvalue weighted by atomic mass is 9.98. The highest BCUT2D eigenvalue weighted by Gasteiger charge is 2.38. The van der Waals surface area contributed by atoms with Crippen molar-refractivity contribution in [3.63, 3.8) is 0 Å². The van der Waals surface area contributed by atoms with Crippen molar-refractivity contribution >= 4 is 5.91 Å². The zero-order valence-electron chi connectivity index (χ0n) is 15.9. The maximum atomic E-state index is 12.7. The van der Waals surface area contributed by atoms with Crippen LogP contribution in [0.1, 0.15) is 34.5 Å². The van der Waals surface area contributed by atoms with Crippen molar-refractivity contribution in [1.29, 1.82) is 0 Å². The number of hydrogen-bond acceptors (Lipinski definition) is 4. The zero-order chi connectivity index (χ0) is 18.6. The minimum absolute atomic E-state index is 0.0883. The lowest BCUT2D eigenvalue weighted by Gasteiger charge is -2.49. The van der Waals surface area contributed by atoms with E-state index in [2.05, 4.69) is 40.2 Å². The van der Waals surface area contributed by atoms with Gasteiger partial charge in [-0.1, -0.05) is 30.3 Å². The van der Waals surface area contributed by atoms with Gasteiger partial charge in [-0.05, 0) is 37.5 Å². The van der Waals surface area contributed by atoms with Crippen molar-refractivity contribution in [3.05, 3.63) is 65.5 Å². The van der Waals surface area contributed by atoms with E-state index in [1.165, 1.54) is 5.56 Å². The second-order valence-corrected chi connectivity index (χ2v) is 7.55. The van der Waals surface area contributed by atoms with Gasteiger partial charge in [-0.2, -0.15) is 0 Å². The van der Waals surface area contributed by atoms with E-state index in [9.17, 15) is 4.79 Å². The first-order chi connectivity index (χ1) is 13.2. The van der Waals surface area contributed by atoms with Gasteiger partial charge >= 0.3 is 0 Å². The zero-order valence-corrected chi connectivity index (χ0v) is 15.9. The van der Waals surface area contributed by atoms with E-state index >= 15 is 0 Å². The van der Waals surface area contributed by atoms with Crippen LogP contribution in [0.2, 0.25) is 0 Å². The fourth-order valence-electron chi connectivity index (χ4n) is 3.98. The molecule has 0 unspecified atom stereocenters. The minimum Gasteiger partial charge on any atom is -0.381 e. The third kappa shape index (κ3) is 4.20. The Morgan fingerprint density at radius 1 is 1.11 bits per heavy atom. The highest BCUT2D eigenvalue weighted by atomic mass is 16.5. The number of likely N-dealkylation sites (tertiary alicyclic amines) is 1. The summed E-state index contributed by atoms with van der Waals surface area (Å²) in [4.78, 5) is 21.5. The normalized spacial score (nSPS) is 18.5. The molecule has 2 fully saturated rings. The number of aromatic nitrogens is 1. The van der Waals surface area contributed by atoms with Crippen LogP contribution < -0.4 is 0 Å². The number of amides is 1. The molecule has 2 aliphatic heterocycles. The monoisotopic (exact) mass is 365 g/mol. The molecule has 4 rings (SSSR count). The molecular formula is C22H27N3O2. The van der Waals surface area contributed by atoms with E-state index in [-0.39, 0.29) is 5.91 Å². The molecule has 0 bridgehead atoms. The lowest BCUT2D eigenvalue weighted by molar-refractivity contribution is -0.0289. The Morgan fingerprint density at radius 2 is 1.85 bits per heavy atom. The molecule has 0 N–H and O–H groups in total. The molecule has 27 heavy (non-hydrogen) atoms. The van der Waals surface area contributed by atoms with Crippen LogP contribution in [0.4, 0.5) is 0 Å². The third-order valence-corrected chi connectivity index (χ3v) is 5.64. The summed E-state index contributed by atoms with van der Waals surface area (Å²) in [5, 5.41) is 0. The van der Waals surface area contributed by atoms with Crippen LogP contribution >= 0.6 is 0 Å². The highest BCUT2D eigenvalue weighted by molar-refractivity contribution is 5.94. The molecule has 0 atom stereocenters. The smallest absolute Gasteiger partial charge is 0.255 e. The average molecular weight is 365 g/mol. The van der Waals surface area contributed by atoms with E-state index < -0.39 is 0 Å². The molecule has 1 aromatic carbocycles. The number of rotatable bonds is 5. The van der Waals surface area contributed by atoms with Crippen molar-refractivity contribution < 1.29 is 9.53 Å². The Bertz CT molecular complexity index is 751. The molecule has 0 radical (unpaired) electrons. The van der Waals surface area contributed by atoms with E-state index in [1.54, 1.807) is 6.20 Å². The summed E-state index contributed by atoms with van der Waals surface area (Å²) in [6.07, 6.45) is 3.82. The molecule has 2 saturated heterocycles. The van der Waals surface area contributed by atoms with E-state index in [0.717, 1.165) is 51.4 Å². The summed E-state index contributed by atoms with van der Waals surface area (Å²) in [7, 11) is 0. The molecule has 0 aliphatic carbocycles. The van der Waals surface area contributed by atoms with Crippen LogP contribution in [-0.2, 0) is 11.3 Å². The van der Waals surface area contributed by atoms with Gasteiger partial charge in [0.2, 0.25) is 0 Å². The maximum Gasteiger partial charge on any atom is 0.255 e. The van der Waals surface area contributed by atoms with Crippen molar-refractivity contribution in [3.8, 4) is 0 Å². The molecule has 0 spiro atoms. The number of ether oxygens (including phenoxy) is 1. The highest BCUT2D eigenvalue weighted by Crippen LogP contribution is 2.26. The molecule has 2 aliphatic rings. The van der Waals surface area contributed by atoms with Crippen molar-refractivity contribution in [2.24, 2.45) is 0 Å². The Labute approximate surface area is 161 Å². The largest absolute Gasteiger partial charge is 0.381 e. The second kappa shape index (κ2) is 8.19. The molecule has 1 amide bonds. The Morgan fingerprint density at radius 3 is 2.52 bits per heavy atom. The molecule has 2 aromatic rings. The predicted molar refractivity (Wildman–Crippen MR) is 104 cm³/mol. The van der Waals surface area contributed by atoms with Crippen LogP contribution in [0.3, 0.4) is 0 Å². The molecule has 142 valence electrons.